The summed E-state index contributed by atoms with van der Waals surface area (Å²) in [5.74, 6) is -3.59. The van der Waals surface area contributed by atoms with Crippen LogP contribution in [-0.4, -0.2) is 38.3 Å². The van der Waals surface area contributed by atoms with Gasteiger partial charge in [0.2, 0.25) is 32.0 Å². The number of hydrogen-bond acceptors (Lipinski definition) is 10. The normalized spacial score (nSPS) is 10.1. The van der Waals surface area contributed by atoms with E-state index < -0.39 is 43.1 Å². The lowest BCUT2D eigenvalue weighted by atomic mass is 10.2. The van der Waals surface area contributed by atoms with Crippen molar-refractivity contribution in [1.82, 2.24) is 0 Å². The minimum absolute atomic E-state index is 0.120. The Balaban J connectivity index is 1.43. The van der Waals surface area contributed by atoms with Crippen molar-refractivity contribution in [2.24, 2.45) is 0 Å². The van der Waals surface area contributed by atoms with E-state index in [1.54, 1.807) is 49.4 Å². The number of ether oxygens (including phenoxy) is 7. The van der Waals surface area contributed by atoms with E-state index in [4.69, 9.17) is 23.7 Å². The second-order valence-corrected chi connectivity index (χ2v) is 7.92. The lowest BCUT2D eigenvalue weighted by Crippen LogP contribution is -2.11. The Morgan fingerprint density at radius 2 is 1.05 bits per heavy atom. The number of benzene rings is 3. The van der Waals surface area contributed by atoms with Crippen molar-refractivity contribution in [3.05, 3.63) is 103 Å². The standard InChI is InChI=1S/C29H24F2O10/c1-18-14-25(38-15-35-23-8-10-24(11-9-23)37-17-40-28(33)20(3)31)12-13-26(18)41-29(34)21-4-6-22(7-5-21)36-16-39-27(32)19(2)30/h4-14H,2-3,15-17H2,1H3. The van der Waals surface area contributed by atoms with Crippen molar-refractivity contribution in [1.29, 1.82) is 0 Å². The molecule has 10 nitrogen and oxygen atoms in total. The van der Waals surface area contributed by atoms with Crippen LogP contribution < -0.4 is 23.7 Å². The minimum Gasteiger partial charge on any atom is -0.457 e. The van der Waals surface area contributed by atoms with E-state index in [-0.39, 0.29) is 18.1 Å². The molecule has 0 amide bonds. The summed E-state index contributed by atoms with van der Waals surface area (Å²) >= 11 is 0. The van der Waals surface area contributed by atoms with Gasteiger partial charge in [0.25, 0.3) is 0 Å². The highest BCUT2D eigenvalue weighted by Crippen LogP contribution is 2.25. The zero-order valence-electron chi connectivity index (χ0n) is 21.7. The van der Waals surface area contributed by atoms with Crippen LogP contribution >= 0.6 is 0 Å². The summed E-state index contributed by atoms with van der Waals surface area (Å²) in [5, 5.41) is 0. The van der Waals surface area contributed by atoms with Gasteiger partial charge < -0.3 is 33.2 Å². The number of carbonyl (C=O) groups is 3. The quantitative estimate of drug-likeness (QED) is 0.109. The van der Waals surface area contributed by atoms with Gasteiger partial charge >= 0.3 is 17.9 Å². The largest absolute Gasteiger partial charge is 0.457 e. The highest BCUT2D eigenvalue weighted by molar-refractivity contribution is 5.91. The fourth-order valence-electron chi connectivity index (χ4n) is 2.93. The molecule has 0 spiro atoms. The molecule has 214 valence electrons. The minimum atomic E-state index is -1.24. The highest BCUT2D eigenvalue weighted by Gasteiger charge is 2.12. The van der Waals surface area contributed by atoms with Crippen LogP contribution in [0.15, 0.2) is 91.5 Å². The lowest BCUT2D eigenvalue weighted by Gasteiger charge is -2.12. The van der Waals surface area contributed by atoms with Gasteiger partial charge in [0.1, 0.15) is 28.7 Å². The molecule has 0 saturated heterocycles. The topological polar surface area (TPSA) is 116 Å². The van der Waals surface area contributed by atoms with Crippen LogP contribution in [0, 0.1) is 6.92 Å². The molecular formula is C29H24F2O10. The van der Waals surface area contributed by atoms with Crippen molar-refractivity contribution in [2.75, 3.05) is 20.4 Å². The molecule has 41 heavy (non-hydrogen) atoms. The highest BCUT2D eigenvalue weighted by atomic mass is 19.1. The molecule has 12 heteroatoms. The molecule has 0 aliphatic rings. The van der Waals surface area contributed by atoms with E-state index in [0.29, 0.717) is 28.6 Å². The van der Waals surface area contributed by atoms with Crippen LogP contribution in [0.4, 0.5) is 8.78 Å². The fourth-order valence-corrected chi connectivity index (χ4v) is 2.93. The fraction of sp³-hybridized carbons (Fsp3) is 0.138. The zero-order valence-corrected chi connectivity index (χ0v) is 21.7. The number of aryl methyl sites for hydroxylation is 1. The van der Waals surface area contributed by atoms with Crippen LogP contribution in [0.25, 0.3) is 0 Å². The first-order valence-corrected chi connectivity index (χ1v) is 11.7. The van der Waals surface area contributed by atoms with Gasteiger partial charge in [-0.05, 0) is 79.2 Å². The van der Waals surface area contributed by atoms with E-state index in [1.807, 2.05) is 0 Å². The number of rotatable bonds is 14. The molecule has 0 fully saturated rings. The molecule has 0 aliphatic carbocycles. The van der Waals surface area contributed by atoms with Crippen LogP contribution in [0.1, 0.15) is 15.9 Å². The molecule has 0 bridgehead atoms. The number of carbonyl (C=O) groups excluding carboxylic acids is 3. The smallest absolute Gasteiger partial charge is 0.369 e. The number of esters is 3. The van der Waals surface area contributed by atoms with Crippen LogP contribution in [-0.2, 0) is 19.1 Å². The summed E-state index contributed by atoms with van der Waals surface area (Å²) in [7, 11) is 0. The monoisotopic (exact) mass is 570 g/mol. The van der Waals surface area contributed by atoms with Gasteiger partial charge in [-0.25, -0.2) is 14.4 Å². The third-order valence-corrected chi connectivity index (χ3v) is 4.99. The molecule has 0 radical (unpaired) electrons. The van der Waals surface area contributed by atoms with Gasteiger partial charge in [-0.15, -0.1) is 0 Å². The van der Waals surface area contributed by atoms with E-state index in [1.165, 1.54) is 24.3 Å². The first kappa shape index (κ1) is 30.2. The van der Waals surface area contributed by atoms with Crippen LogP contribution in [0.3, 0.4) is 0 Å². The van der Waals surface area contributed by atoms with E-state index in [0.717, 1.165) is 0 Å². The van der Waals surface area contributed by atoms with Gasteiger partial charge in [0.15, 0.2) is 0 Å². The summed E-state index contributed by atoms with van der Waals surface area (Å²) in [6.07, 6.45) is 0. The van der Waals surface area contributed by atoms with Crippen molar-refractivity contribution in [2.45, 2.75) is 6.92 Å². The molecule has 0 unspecified atom stereocenters. The molecule has 0 aliphatic heterocycles. The van der Waals surface area contributed by atoms with Gasteiger partial charge in [-0.3, -0.25) is 0 Å². The van der Waals surface area contributed by atoms with Gasteiger partial charge in [-0.1, -0.05) is 13.2 Å². The Kier molecular flexibility index (Phi) is 10.8. The van der Waals surface area contributed by atoms with Crippen molar-refractivity contribution >= 4 is 17.9 Å². The average molecular weight is 570 g/mol. The van der Waals surface area contributed by atoms with Crippen molar-refractivity contribution in [3.8, 4) is 28.7 Å². The molecule has 3 aromatic rings. The van der Waals surface area contributed by atoms with Gasteiger partial charge in [-0.2, -0.15) is 8.78 Å². The summed E-state index contributed by atoms with van der Waals surface area (Å²) in [4.78, 5) is 34.5. The molecule has 0 saturated carbocycles. The first-order chi connectivity index (χ1) is 19.6. The predicted molar refractivity (Wildman–Crippen MR) is 139 cm³/mol. The molecule has 0 aromatic heterocycles. The molecule has 0 heterocycles. The van der Waals surface area contributed by atoms with Crippen molar-refractivity contribution in [3.63, 3.8) is 0 Å². The van der Waals surface area contributed by atoms with Crippen molar-refractivity contribution < 1.29 is 56.3 Å². The molecule has 0 atom stereocenters. The maximum Gasteiger partial charge on any atom is 0.369 e. The maximum absolute atomic E-state index is 12.6. The predicted octanol–water partition coefficient (Wildman–Crippen LogP) is 5.35. The Morgan fingerprint density at radius 3 is 1.51 bits per heavy atom. The SMILES string of the molecule is C=C(F)C(=O)OCOc1ccc(OCOc2ccc(OC(=O)c3ccc(OCOC(=O)C(=C)F)cc3)c(C)c2)cc1. The lowest BCUT2D eigenvalue weighted by molar-refractivity contribution is -0.148. The summed E-state index contributed by atoms with van der Waals surface area (Å²) < 4.78 is 61.0. The Bertz CT molecular complexity index is 1400. The van der Waals surface area contributed by atoms with Crippen LogP contribution in [0.5, 0.6) is 28.7 Å². The van der Waals surface area contributed by atoms with E-state index >= 15 is 0 Å². The Hall–Kier alpha value is -5.39. The van der Waals surface area contributed by atoms with E-state index in [9.17, 15) is 23.2 Å². The zero-order chi connectivity index (χ0) is 29.8. The Labute approximate surface area is 233 Å². The molecular weight excluding hydrogens is 546 g/mol. The van der Waals surface area contributed by atoms with Gasteiger partial charge in [0.05, 0.1) is 5.56 Å². The third-order valence-electron chi connectivity index (χ3n) is 4.99. The Morgan fingerprint density at radius 1 is 0.634 bits per heavy atom. The molecule has 0 N–H and O–H groups in total. The van der Waals surface area contributed by atoms with Gasteiger partial charge in [0, 0.05) is 0 Å². The summed E-state index contributed by atoms with van der Waals surface area (Å²) in [6.45, 7) is 6.26. The van der Waals surface area contributed by atoms with Crippen LogP contribution in [0.2, 0.25) is 0 Å². The first-order valence-electron chi connectivity index (χ1n) is 11.7. The summed E-state index contributed by atoms with van der Waals surface area (Å²) in [6, 6.07) is 17.0. The molecule has 3 rings (SSSR count). The second kappa shape index (κ2) is 14.7. The summed E-state index contributed by atoms with van der Waals surface area (Å²) in [5.41, 5.74) is 0.869. The maximum atomic E-state index is 12.6. The van der Waals surface area contributed by atoms with E-state index in [2.05, 4.69) is 22.6 Å². The number of hydrogen-bond donors (Lipinski definition) is 0. The third kappa shape index (κ3) is 9.70. The average Bonchev–Trinajstić information content (AvgIpc) is 2.95. The number of halogens is 2. The molecule has 3 aromatic carbocycles. The second-order valence-electron chi connectivity index (χ2n) is 7.92.